The Morgan fingerprint density at radius 3 is 2.47 bits per heavy atom. The van der Waals surface area contributed by atoms with Crippen molar-refractivity contribution in [2.45, 2.75) is 39.3 Å². The van der Waals surface area contributed by atoms with Gasteiger partial charge in [-0.1, -0.05) is 26.0 Å². The molecule has 1 heterocycles. The fourth-order valence-electron chi connectivity index (χ4n) is 2.40. The van der Waals surface area contributed by atoms with Gasteiger partial charge in [0.05, 0.1) is 6.17 Å². The third-order valence-electron chi connectivity index (χ3n) is 3.39. The number of hydrogen-bond acceptors (Lipinski definition) is 2. The summed E-state index contributed by atoms with van der Waals surface area (Å²) in [6.07, 6.45) is 5.73. The Labute approximate surface area is 115 Å². The van der Waals surface area contributed by atoms with Gasteiger partial charge in [0.25, 0.3) is 0 Å². The molecule has 0 aliphatic carbocycles. The first kappa shape index (κ1) is 14.1. The molecule has 104 valence electrons. The van der Waals surface area contributed by atoms with Crippen molar-refractivity contribution in [3.05, 3.63) is 36.0 Å². The molecule has 19 heavy (non-hydrogen) atoms. The van der Waals surface area contributed by atoms with Crippen molar-refractivity contribution in [3.8, 4) is 0 Å². The van der Waals surface area contributed by atoms with Gasteiger partial charge in [-0.3, -0.25) is 0 Å². The monoisotopic (exact) mass is 259 g/mol. The Balaban J connectivity index is 2.08. The fraction of sp³-hybridized carbons (Fsp3) is 0.500. The molecule has 0 saturated heterocycles. The molecule has 0 unspecified atom stereocenters. The van der Waals surface area contributed by atoms with Crippen LogP contribution in [0.5, 0.6) is 0 Å². The molecule has 0 atom stereocenters. The average molecular weight is 259 g/mol. The first-order valence-corrected chi connectivity index (χ1v) is 7.37. The molecule has 3 N–H and O–H groups in total. The standard InChI is InChI=1S/C16H25N3/c1-3-9-18-16(19-10-4-2)12-13-6-5-7-15-14(13)8-11-17-15/h5-8,11,16-19H,3-4,9-10,12H2,1-2H3. The Hall–Kier alpha value is -1.32. The molecule has 1 aromatic heterocycles. The van der Waals surface area contributed by atoms with E-state index in [1.807, 2.05) is 6.20 Å². The van der Waals surface area contributed by atoms with Crippen LogP contribution in [-0.2, 0) is 6.42 Å². The summed E-state index contributed by atoms with van der Waals surface area (Å²) in [4.78, 5) is 3.28. The summed E-state index contributed by atoms with van der Waals surface area (Å²) >= 11 is 0. The van der Waals surface area contributed by atoms with Crippen LogP contribution >= 0.6 is 0 Å². The molecule has 0 aliphatic rings. The summed E-state index contributed by atoms with van der Waals surface area (Å²) in [7, 11) is 0. The van der Waals surface area contributed by atoms with Crippen LogP contribution < -0.4 is 10.6 Å². The maximum Gasteiger partial charge on any atom is 0.0613 e. The van der Waals surface area contributed by atoms with Crippen LogP contribution in [0, 0.1) is 0 Å². The van der Waals surface area contributed by atoms with Crippen molar-refractivity contribution in [1.29, 1.82) is 0 Å². The Morgan fingerprint density at radius 2 is 1.79 bits per heavy atom. The summed E-state index contributed by atoms with van der Waals surface area (Å²) in [6.45, 7) is 6.53. The van der Waals surface area contributed by atoms with E-state index in [1.165, 1.54) is 29.3 Å². The van der Waals surface area contributed by atoms with Gasteiger partial charge in [0.2, 0.25) is 0 Å². The highest BCUT2D eigenvalue weighted by Gasteiger charge is 2.10. The van der Waals surface area contributed by atoms with Crippen LogP contribution in [0.25, 0.3) is 10.9 Å². The smallest absolute Gasteiger partial charge is 0.0613 e. The molecule has 0 bridgehead atoms. The number of aromatic nitrogens is 1. The van der Waals surface area contributed by atoms with Gasteiger partial charge in [0, 0.05) is 23.5 Å². The second kappa shape index (κ2) is 7.31. The fourth-order valence-corrected chi connectivity index (χ4v) is 2.40. The number of H-pyrrole nitrogens is 1. The Morgan fingerprint density at radius 1 is 1.05 bits per heavy atom. The second-order valence-electron chi connectivity index (χ2n) is 5.02. The lowest BCUT2D eigenvalue weighted by atomic mass is 10.1. The van der Waals surface area contributed by atoms with Crippen molar-refractivity contribution in [3.63, 3.8) is 0 Å². The minimum absolute atomic E-state index is 0.361. The summed E-state index contributed by atoms with van der Waals surface area (Å²) < 4.78 is 0. The lowest BCUT2D eigenvalue weighted by molar-refractivity contribution is 0.423. The maximum absolute atomic E-state index is 3.59. The highest BCUT2D eigenvalue weighted by atomic mass is 15.1. The van der Waals surface area contributed by atoms with Gasteiger partial charge in [-0.15, -0.1) is 0 Å². The van der Waals surface area contributed by atoms with Crippen molar-refractivity contribution in [1.82, 2.24) is 15.6 Å². The van der Waals surface area contributed by atoms with Crippen LogP contribution in [0.15, 0.2) is 30.5 Å². The Bertz CT molecular complexity index is 481. The molecule has 3 nitrogen and oxygen atoms in total. The largest absolute Gasteiger partial charge is 0.361 e. The molecule has 0 amide bonds. The summed E-state index contributed by atoms with van der Waals surface area (Å²) in [6, 6.07) is 8.66. The van der Waals surface area contributed by atoms with Crippen LogP contribution in [-0.4, -0.2) is 24.2 Å². The van der Waals surface area contributed by atoms with Gasteiger partial charge < -0.3 is 15.6 Å². The van der Waals surface area contributed by atoms with E-state index in [0.717, 1.165) is 19.5 Å². The van der Waals surface area contributed by atoms with E-state index in [4.69, 9.17) is 0 Å². The number of nitrogens with one attached hydrogen (secondary N) is 3. The summed E-state index contributed by atoms with van der Waals surface area (Å²) in [5, 5.41) is 8.51. The molecule has 0 saturated carbocycles. The molecule has 2 rings (SSSR count). The molecular formula is C16H25N3. The number of hydrogen-bond donors (Lipinski definition) is 3. The second-order valence-corrected chi connectivity index (χ2v) is 5.02. The zero-order chi connectivity index (χ0) is 13.5. The summed E-state index contributed by atoms with van der Waals surface area (Å²) in [5.74, 6) is 0. The van der Waals surface area contributed by atoms with Gasteiger partial charge in [-0.2, -0.15) is 0 Å². The first-order valence-electron chi connectivity index (χ1n) is 7.37. The van der Waals surface area contributed by atoms with Gasteiger partial charge in [-0.25, -0.2) is 0 Å². The van der Waals surface area contributed by atoms with Crippen LogP contribution in [0.1, 0.15) is 32.3 Å². The third kappa shape index (κ3) is 3.82. The topological polar surface area (TPSA) is 39.9 Å². The number of fused-ring (bicyclic) bond motifs is 1. The maximum atomic E-state index is 3.59. The van der Waals surface area contributed by atoms with Crippen molar-refractivity contribution in [2.24, 2.45) is 0 Å². The van der Waals surface area contributed by atoms with E-state index in [0.29, 0.717) is 6.17 Å². The molecule has 3 heteroatoms. The minimum Gasteiger partial charge on any atom is -0.361 e. The Kier molecular flexibility index (Phi) is 5.43. The lowest BCUT2D eigenvalue weighted by Crippen LogP contribution is -2.44. The lowest BCUT2D eigenvalue weighted by Gasteiger charge is -2.20. The van der Waals surface area contributed by atoms with E-state index in [9.17, 15) is 0 Å². The van der Waals surface area contributed by atoms with E-state index in [1.54, 1.807) is 0 Å². The van der Waals surface area contributed by atoms with Crippen LogP contribution in [0.4, 0.5) is 0 Å². The molecule has 1 aromatic carbocycles. The van der Waals surface area contributed by atoms with Gasteiger partial charge in [0.15, 0.2) is 0 Å². The number of benzene rings is 1. The number of aromatic amines is 1. The molecule has 0 radical (unpaired) electrons. The SMILES string of the molecule is CCCNC(Cc1cccc2[nH]ccc12)NCCC. The minimum atomic E-state index is 0.361. The highest BCUT2D eigenvalue weighted by molar-refractivity contribution is 5.82. The molecule has 0 fully saturated rings. The quantitative estimate of drug-likeness (QED) is 0.638. The van der Waals surface area contributed by atoms with E-state index >= 15 is 0 Å². The predicted molar refractivity (Wildman–Crippen MR) is 82.4 cm³/mol. The number of rotatable bonds is 8. The molecule has 0 spiro atoms. The zero-order valence-electron chi connectivity index (χ0n) is 12.0. The summed E-state index contributed by atoms with van der Waals surface area (Å²) in [5.41, 5.74) is 2.62. The van der Waals surface area contributed by atoms with Crippen molar-refractivity contribution < 1.29 is 0 Å². The van der Waals surface area contributed by atoms with E-state index < -0.39 is 0 Å². The molecule has 0 aliphatic heterocycles. The van der Waals surface area contributed by atoms with Crippen LogP contribution in [0.2, 0.25) is 0 Å². The van der Waals surface area contributed by atoms with Crippen molar-refractivity contribution >= 4 is 10.9 Å². The first-order chi connectivity index (χ1) is 9.35. The predicted octanol–water partition coefficient (Wildman–Crippen LogP) is 3.04. The van der Waals surface area contributed by atoms with E-state index in [2.05, 4.69) is 53.7 Å². The van der Waals surface area contributed by atoms with Gasteiger partial charge >= 0.3 is 0 Å². The van der Waals surface area contributed by atoms with Crippen LogP contribution in [0.3, 0.4) is 0 Å². The van der Waals surface area contributed by atoms with Gasteiger partial charge in [0.1, 0.15) is 0 Å². The molecular weight excluding hydrogens is 234 g/mol. The van der Waals surface area contributed by atoms with E-state index in [-0.39, 0.29) is 0 Å². The van der Waals surface area contributed by atoms with Crippen molar-refractivity contribution in [2.75, 3.05) is 13.1 Å². The average Bonchev–Trinajstić information content (AvgIpc) is 2.91. The normalized spacial score (nSPS) is 11.5. The third-order valence-corrected chi connectivity index (χ3v) is 3.39. The highest BCUT2D eigenvalue weighted by Crippen LogP contribution is 2.18. The zero-order valence-corrected chi connectivity index (χ0v) is 12.0. The van der Waals surface area contributed by atoms with Gasteiger partial charge in [-0.05, 0) is 43.6 Å². The molecule has 2 aromatic rings.